The SMILES string of the molecule is Cc1cc(C2=Cc3c(ccc(C)c3-c3cc(C)c([Si](C)(C)C)c(C)c3)C2)oc1C. The molecule has 0 spiro atoms. The molecule has 1 aliphatic rings. The Morgan fingerprint density at radius 2 is 1.45 bits per heavy atom. The monoisotopic (exact) mass is 400 g/mol. The van der Waals surface area contributed by atoms with E-state index < -0.39 is 8.07 Å². The van der Waals surface area contributed by atoms with Crippen molar-refractivity contribution in [2.24, 2.45) is 0 Å². The minimum atomic E-state index is -1.36. The van der Waals surface area contributed by atoms with Crippen LogP contribution in [0, 0.1) is 34.6 Å². The first kappa shape index (κ1) is 20.0. The van der Waals surface area contributed by atoms with E-state index in [-0.39, 0.29) is 0 Å². The molecule has 1 aromatic heterocycles. The van der Waals surface area contributed by atoms with Gasteiger partial charge in [-0.1, -0.05) is 60.2 Å². The molecule has 0 unspecified atom stereocenters. The fraction of sp³-hybridized carbons (Fsp3) is 0.333. The van der Waals surface area contributed by atoms with Gasteiger partial charge in [0, 0.05) is 6.42 Å². The van der Waals surface area contributed by atoms with Crippen LogP contribution in [0.15, 0.2) is 34.7 Å². The number of aryl methyl sites for hydroxylation is 5. The molecule has 150 valence electrons. The number of allylic oxidation sites excluding steroid dienone is 1. The summed E-state index contributed by atoms with van der Waals surface area (Å²) in [7, 11) is -1.36. The molecule has 1 nitrogen and oxygen atoms in total. The van der Waals surface area contributed by atoms with Crippen molar-refractivity contribution in [3.8, 4) is 11.1 Å². The lowest BCUT2D eigenvalue weighted by molar-refractivity contribution is 0.518. The van der Waals surface area contributed by atoms with Gasteiger partial charge in [-0.15, -0.1) is 0 Å². The molecule has 0 fully saturated rings. The van der Waals surface area contributed by atoms with Crippen molar-refractivity contribution in [1.82, 2.24) is 0 Å². The molecule has 3 aromatic rings. The maximum atomic E-state index is 6.03. The van der Waals surface area contributed by atoms with Crippen molar-refractivity contribution in [1.29, 1.82) is 0 Å². The van der Waals surface area contributed by atoms with Crippen molar-refractivity contribution in [2.45, 2.75) is 60.7 Å². The van der Waals surface area contributed by atoms with Crippen LogP contribution in [0.1, 0.15) is 44.9 Å². The third kappa shape index (κ3) is 3.44. The number of fused-ring (bicyclic) bond motifs is 1. The van der Waals surface area contributed by atoms with E-state index in [4.69, 9.17) is 4.42 Å². The first-order valence-electron chi connectivity index (χ1n) is 10.6. The van der Waals surface area contributed by atoms with Gasteiger partial charge >= 0.3 is 0 Å². The fourth-order valence-corrected chi connectivity index (χ4v) is 7.60. The number of hydrogen-bond donors (Lipinski definition) is 0. The quantitative estimate of drug-likeness (QED) is 0.426. The van der Waals surface area contributed by atoms with Crippen LogP contribution in [0.2, 0.25) is 19.6 Å². The van der Waals surface area contributed by atoms with E-state index in [1.165, 1.54) is 50.1 Å². The maximum Gasteiger partial charge on any atom is 0.130 e. The summed E-state index contributed by atoms with van der Waals surface area (Å²) in [5.74, 6) is 2.03. The van der Waals surface area contributed by atoms with E-state index in [0.717, 1.165) is 17.9 Å². The van der Waals surface area contributed by atoms with Crippen molar-refractivity contribution < 1.29 is 4.42 Å². The van der Waals surface area contributed by atoms with Gasteiger partial charge < -0.3 is 4.42 Å². The molecule has 1 heterocycles. The number of furan rings is 1. The zero-order valence-corrected chi connectivity index (χ0v) is 20.1. The molecular weight excluding hydrogens is 368 g/mol. The molecular formula is C27H32OSi. The molecule has 29 heavy (non-hydrogen) atoms. The van der Waals surface area contributed by atoms with Crippen molar-refractivity contribution in [3.63, 3.8) is 0 Å². The van der Waals surface area contributed by atoms with E-state index in [1.807, 2.05) is 6.92 Å². The van der Waals surface area contributed by atoms with Gasteiger partial charge in [0.1, 0.15) is 11.5 Å². The van der Waals surface area contributed by atoms with E-state index >= 15 is 0 Å². The molecule has 0 radical (unpaired) electrons. The second-order valence-electron chi connectivity index (χ2n) is 9.76. The van der Waals surface area contributed by atoms with Crippen LogP contribution in [0.5, 0.6) is 0 Å². The number of hydrogen-bond acceptors (Lipinski definition) is 1. The van der Waals surface area contributed by atoms with Gasteiger partial charge in [-0.05, 0) is 85.7 Å². The van der Waals surface area contributed by atoms with Crippen molar-refractivity contribution >= 4 is 24.9 Å². The highest BCUT2D eigenvalue weighted by Gasteiger charge is 2.24. The number of benzene rings is 2. The van der Waals surface area contributed by atoms with Crippen LogP contribution in [0.25, 0.3) is 22.8 Å². The zero-order chi connectivity index (χ0) is 21.1. The lowest BCUT2D eigenvalue weighted by Gasteiger charge is -2.24. The topological polar surface area (TPSA) is 13.1 Å². The smallest absolute Gasteiger partial charge is 0.130 e. The lowest BCUT2D eigenvalue weighted by atomic mass is 9.91. The lowest BCUT2D eigenvalue weighted by Crippen LogP contribution is -2.41. The van der Waals surface area contributed by atoms with Crippen molar-refractivity contribution in [2.75, 3.05) is 0 Å². The molecule has 0 amide bonds. The highest BCUT2D eigenvalue weighted by molar-refractivity contribution is 6.89. The molecule has 0 N–H and O–H groups in total. The average molecular weight is 401 g/mol. The highest BCUT2D eigenvalue weighted by atomic mass is 28.3. The predicted molar refractivity (Wildman–Crippen MR) is 129 cm³/mol. The molecule has 2 aromatic carbocycles. The Bertz CT molecular complexity index is 1110. The normalized spacial score (nSPS) is 13.6. The van der Waals surface area contributed by atoms with Gasteiger partial charge in [-0.2, -0.15) is 0 Å². The van der Waals surface area contributed by atoms with Gasteiger partial charge in [0.15, 0.2) is 0 Å². The van der Waals surface area contributed by atoms with Gasteiger partial charge in [-0.25, -0.2) is 0 Å². The van der Waals surface area contributed by atoms with Gasteiger partial charge in [-0.3, -0.25) is 0 Å². The van der Waals surface area contributed by atoms with Crippen LogP contribution in [-0.2, 0) is 6.42 Å². The third-order valence-corrected chi connectivity index (χ3v) is 8.59. The molecule has 0 saturated carbocycles. The van der Waals surface area contributed by atoms with Crippen LogP contribution in [-0.4, -0.2) is 8.07 Å². The Hall–Kier alpha value is -2.32. The predicted octanol–water partition coefficient (Wildman–Crippen LogP) is 7.13. The average Bonchev–Trinajstić information content (AvgIpc) is 3.16. The van der Waals surface area contributed by atoms with E-state index in [9.17, 15) is 0 Å². The summed E-state index contributed by atoms with van der Waals surface area (Å²) in [6, 6.07) is 11.6. The maximum absolute atomic E-state index is 6.03. The van der Waals surface area contributed by atoms with Crippen molar-refractivity contribution in [3.05, 3.63) is 75.2 Å². The second-order valence-corrected chi connectivity index (χ2v) is 14.8. The summed E-state index contributed by atoms with van der Waals surface area (Å²) in [5, 5.41) is 1.60. The summed E-state index contributed by atoms with van der Waals surface area (Å²) in [6.45, 7) is 18.3. The summed E-state index contributed by atoms with van der Waals surface area (Å²) < 4.78 is 6.03. The molecule has 2 heteroatoms. The molecule has 0 aliphatic heterocycles. The Balaban J connectivity index is 1.87. The number of rotatable bonds is 3. The standard InChI is InChI=1S/C27H32OSi/c1-16-9-10-21-14-22(25-13-17(2)20(5)28-25)15-24(21)26(16)23-11-18(3)27(19(4)12-23)29(6,7)8/h9-13,15H,14H2,1-8H3. The fourth-order valence-electron chi connectivity index (χ4n) is 5.08. The minimum Gasteiger partial charge on any atom is -0.461 e. The summed E-state index contributed by atoms with van der Waals surface area (Å²) in [6.07, 6.45) is 3.30. The largest absolute Gasteiger partial charge is 0.461 e. The van der Waals surface area contributed by atoms with E-state index in [0.29, 0.717) is 0 Å². The Kier molecular flexibility index (Phi) is 4.74. The third-order valence-electron chi connectivity index (χ3n) is 6.30. The molecule has 0 bridgehead atoms. The second kappa shape index (κ2) is 6.88. The van der Waals surface area contributed by atoms with Crippen LogP contribution in [0.3, 0.4) is 0 Å². The first-order valence-corrected chi connectivity index (χ1v) is 14.1. The molecule has 0 saturated heterocycles. The summed E-state index contributed by atoms with van der Waals surface area (Å²) >= 11 is 0. The van der Waals surface area contributed by atoms with E-state index in [1.54, 1.807) is 5.19 Å². The first-order chi connectivity index (χ1) is 13.6. The van der Waals surface area contributed by atoms with E-state index in [2.05, 4.69) is 83.7 Å². The van der Waals surface area contributed by atoms with Gasteiger partial charge in [0.05, 0.1) is 8.07 Å². The molecule has 4 rings (SSSR count). The van der Waals surface area contributed by atoms with Crippen LogP contribution in [0.4, 0.5) is 0 Å². The molecule has 1 aliphatic carbocycles. The van der Waals surface area contributed by atoms with Gasteiger partial charge in [0.2, 0.25) is 0 Å². The Morgan fingerprint density at radius 1 is 0.793 bits per heavy atom. The van der Waals surface area contributed by atoms with Crippen LogP contribution < -0.4 is 5.19 Å². The summed E-state index contributed by atoms with van der Waals surface area (Å²) in [4.78, 5) is 0. The van der Waals surface area contributed by atoms with Gasteiger partial charge in [0.25, 0.3) is 0 Å². The van der Waals surface area contributed by atoms with Crippen LogP contribution >= 0.6 is 0 Å². The Morgan fingerprint density at radius 3 is 2.00 bits per heavy atom. The zero-order valence-electron chi connectivity index (χ0n) is 19.1. The summed E-state index contributed by atoms with van der Waals surface area (Å²) in [5.41, 5.74) is 12.2. The Labute approximate surface area is 176 Å². The molecule has 0 atom stereocenters. The minimum absolute atomic E-state index is 0.944. The highest BCUT2D eigenvalue weighted by Crippen LogP contribution is 2.40.